The van der Waals surface area contributed by atoms with E-state index >= 15 is 0 Å². The van der Waals surface area contributed by atoms with Crippen molar-refractivity contribution < 1.29 is 14.3 Å². The van der Waals surface area contributed by atoms with Crippen molar-refractivity contribution in [2.45, 2.75) is 20.1 Å². The van der Waals surface area contributed by atoms with Crippen LogP contribution in [0.2, 0.25) is 0 Å². The first kappa shape index (κ1) is 25.7. The molecule has 0 saturated carbocycles. The fourth-order valence-corrected chi connectivity index (χ4v) is 3.73. The number of hydrogen-bond acceptors (Lipinski definition) is 4. The van der Waals surface area contributed by atoms with Gasteiger partial charge in [-0.25, -0.2) is 0 Å². The summed E-state index contributed by atoms with van der Waals surface area (Å²) in [4.78, 5) is 12.8. The highest BCUT2D eigenvalue weighted by Crippen LogP contribution is 2.23. The van der Waals surface area contributed by atoms with Crippen LogP contribution < -0.4 is 14.8 Å². The number of nitrogens with one attached hydrogen (secondary N) is 1. The van der Waals surface area contributed by atoms with Crippen LogP contribution >= 0.6 is 15.9 Å². The summed E-state index contributed by atoms with van der Waals surface area (Å²) in [6.45, 7) is 2.86. The van der Waals surface area contributed by atoms with E-state index in [1.165, 1.54) is 11.6 Å². The van der Waals surface area contributed by atoms with Gasteiger partial charge in [0.2, 0.25) is 0 Å². The van der Waals surface area contributed by atoms with Crippen LogP contribution in [-0.4, -0.2) is 5.91 Å². The van der Waals surface area contributed by atoms with Crippen molar-refractivity contribution in [3.8, 4) is 17.6 Å². The number of aryl methyl sites for hydroxylation is 1. The largest absolute Gasteiger partial charge is 0.489 e. The van der Waals surface area contributed by atoms with E-state index in [0.717, 1.165) is 15.6 Å². The fraction of sp³-hybridized carbons (Fsp3) is 0.0968. The Morgan fingerprint density at radius 3 is 2.16 bits per heavy atom. The van der Waals surface area contributed by atoms with Gasteiger partial charge in [-0.05, 0) is 66.6 Å². The first-order valence-electron chi connectivity index (χ1n) is 11.7. The molecule has 0 aliphatic carbocycles. The molecule has 4 aromatic carbocycles. The third-order valence-electron chi connectivity index (χ3n) is 5.53. The Hall–Kier alpha value is -4.34. The average molecular weight is 553 g/mol. The fourth-order valence-electron chi connectivity index (χ4n) is 3.46. The van der Waals surface area contributed by atoms with Crippen LogP contribution in [0.15, 0.2) is 107 Å². The van der Waals surface area contributed by atoms with Gasteiger partial charge in [-0.2, -0.15) is 5.26 Å². The van der Waals surface area contributed by atoms with Crippen LogP contribution in [0.3, 0.4) is 0 Å². The third kappa shape index (κ3) is 7.57. The SMILES string of the molecule is Cc1ccc(COc2ccccc2/C=C(\C#N)C(=O)Nc2ccc(OCc3ccc(Br)cc3)cc2)cc1. The molecular formula is C31H25BrN2O3. The van der Waals surface area contributed by atoms with Gasteiger partial charge in [0.25, 0.3) is 5.91 Å². The highest BCUT2D eigenvalue weighted by atomic mass is 79.9. The molecule has 5 nitrogen and oxygen atoms in total. The molecule has 0 fully saturated rings. The normalized spacial score (nSPS) is 10.9. The van der Waals surface area contributed by atoms with E-state index in [-0.39, 0.29) is 5.57 Å². The molecule has 0 aliphatic rings. The number of nitriles is 1. The molecule has 0 aliphatic heterocycles. The van der Waals surface area contributed by atoms with Crippen LogP contribution in [0.25, 0.3) is 6.08 Å². The second-order valence-corrected chi connectivity index (χ2v) is 9.29. The smallest absolute Gasteiger partial charge is 0.266 e. The Labute approximate surface area is 225 Å². The zero-order valence-corrected chi connectivity index (χ0v) is 21.9. The number of halogens is 1. The molecule has 0 aromatic heterocycles. The van der Waals surface area contributed by atoms with Gasteiger partial charge in [-0.3, -0.25) is 4.79 Å². The van der Waals surface area contributed by atoms with Crippen molar-refractivity contribution >= 4 is 33.6 Å². The van der Waals surface area contributed by atoms with Crippen molar-refractivity contribution in [2.75, 3.05) is 5.32 Å². The van der Waals surface area contributed by atoms with Gasteiger partial charge < -0.3 is 14.8 Å². The van der Waals surface area contributed by atoms with Gasteiger partial charge in [0.1, 0.15) is 36.4 Å². The number of anilines is 1. The quantitative estimate of drug-likeness (QED) is 0.173. The van der Waals surface area contributed by atoms with E-state index < -0.39 is 5.91 Å². The molecule has 0 atom stereocenters. The molecule has 1 amide bonds. The summed E-state index contributed by atoms with van der Waals surface area (Å²) in [6.07, 6.45) is 1.54. The summed E-state index contributed by atoms with van der Waals surface area (Å²) in [5.74, 6) is 0.770. The lowest BCUT2D eigenvalue weighted by atomic mass is 10.1. The van der Waals surface area contributed by atoms with Crippen LogP contribution in [0.5, 0.6) is 11.5 Å². The second kappa shape index (κ2) is 12.6. The molecule has 0 bridgehead atoms. The summed E-state index contributed by atoms with van der Waals surface area (Å²) in [5, 5.41) is 12.4. The standard InChI is InChI=1S/C31H25BrN2O3/c1-22-6-8-23(9-7-22)21-37-30-5-3-2-4-25(30)18-26(19-33)31(35)34-28-14-16-29(17-15-28)36-20-24-10-12-27(32)13-11-24/h2-18H,20-21H2,1H3,(H,34,35)/b26-18+. The van der Waals surface area contributed by atoms with Gasteiger partial charge in [-0.15, -0.1) is 0 Å². The molecule has 0 saturated heterocycles. The summed E-state index contributed by atoms with van der Waals surface area (Å²) >= 11 is 3.42. The van der Waals surface area contributed by atoms with Crippen LogP contribution in [0.1, 0.15) is 22.3 Å². The van der Waals surface area contributed by atoms with Crippen molar-refractivity contribution in [2.24, 2.45) is 0 Å². The van der Waals surface area contributed by atoms with E-state index in [1.54, 1.807) is 24.3 Å². The molecule has 0 radical (unpaired) electrons. The van der Waals surface area contributed by atoms with Gasteiger partial charge in [0.05, 0.1) is 0 Å². The van der Waals surface area contributed by atoms with Crippen LogP contribution in [-0.2, 0) is 18.0 Å². The Bertz CT molecular complexity index is 1420. The lowest BCUT2D eigenvalue weighted by molar-refractivity contribution is -0.112. The van der Waals surface area contributed by atoms with Crippen molar-refractivity contribution in [3.63, 3.8) is 0 Å². The number of rotatable bonds is 9. The Kier molecular flexibility index (Phi) is 8.75. The lowest BCUT2D eigenvalue weighted by Crippen LogP contribution is -2.13. The number of benzene rings is 4. The van der Waals surface area contributed by atoms with Crippen LogP contribution in [0, 0.1) is 18.3 Å². The molecule has 0 heterocycles. The molecule has 0 spiro atoms. The van der Waals surface area contributed by atoms with E-state index in [4.69, 9.17) is 9.47 Å². The molecule has 6 heteroatoms. The number of hydrogen-bond donors (Lipinski definition) is 1. The maximum Gasteiger partial charge on any atom is 0.266 e. The Balaban J connectivity index is 1.38. The number of ether oxygens (including phenoxy) is 2. The Morgan fingerprint density at radius 1 is 0.865 bits per heavy atom. The molecule has 1 N–H and O–H groups in total. The minimum absolute atomic E-state index is 0.0260. The number of amides is 1. The molecule has 4 rings (SSSR count). The van der Waals surface area contributed by atoms with Gasteiger partial charge in [0.15, 0.2) is 0 Å². The van der Waals surface area contributed by atoms with Crippen molar-refractivity contribution in [3.05, 3.63) is 129 Å². The minimum atomic E-state index is -0.501. The third-order valence-corrected chi connectivity index (χ3v) is 6.06. The molecule has 4 aromatic rings. The minimum Gasteiger partial charge on any atom is -0.489 e. The van der Waals surface area contributed by atoms with Crippen molar-refractivity contribution in [1.29, 1.82) is 5.26 Å². The van der Waals surface area contributed by atoms with E-state index in [9.17, 15) is 10.1 Å². The summed E-state index contributed by atoms with van der Waals surface area (Å²) in [7, 11) is 0. The van der Waals surface area contributed by atoms with E-state index in [2.05, 4.69) is 21.2 Å². The molecule has 37 heavy (non-hydrogen) atoms. The maximum atomic E-state index is 12.8. The van der Waals surface area contributed by atoms with Crippen molar-refractivity contribution in [1.82, 2.24) is 0 Å². The monoisotopic (exact) mass is 552 g/mol. The van der Waals surface area contributed by atoms with E-state index in [1.807, 2.05) is 85.8 Å². The number of carbonyl (C=O) groups excluding carboxylic acids is 1. The van der Waals surface area contributed by atoms with E-state index in [0.29, 0.717) is 36.0 Å². The first-order chi connectivity index (χ1) is 18.0. The zero-order chi connectivity index (χ0) is 26.0. The number of nitrogens with zero attached hydrogens (tertiary/aromatic N) is 1. The highest BCUT2D eigenvalue weighted by molar-refractivity contribution is 9.10. The first-order valence-corrected chi connectivity index (χ1v) is 12.5. The highest BCUT2D eigenvalue weighted by Gasteiger charge is 2.12. The van der Waals surface area contributed by atoms with Gasteiger partial charge in [0, 0.05) is 15.7 Å². The zero-order valence-electron chi connectivity index (χ0n) is 20.3. The Morgan fingerprint density at radius 2 is 1.49 bits per heavy atom. The predicted octanol–water partition coefficient (Wildman–Crippen LogP) is 7.46. The topological polar surface area (TPSA) is 71.3 Å². The lowest BCUT2D eigenvalue weighted by Gasteiger charge is -2.11. The second-order valence-electron chi connectivity index (χ2n) is 8.38. The van der Waals surface area contributed by atoms with Crippen LogP contribution in [0.4, 0.5) is 5.69 Å². The summed E-state index contributed by atoms with van der Waals surface area (Å²) < 4.78 is 12.8. The maximum absolute atomic E-state index is 12.8. The molecular weight excluding hydrogens is 528 g/mol. The molecule has 0 unspecified atom stereocenters. The summed E-state index contributed by atoms with van der Waals surface area (Å²) in [6, 6.07) is 32.3. The molecule has 184 valence electrons. The van der Waals surface area contributed by atoms with Gasteiger partial charge >= 0.3 is 0 Å². The number of para-hydroxylation sites is 1. The average Bonchev–Trinajstić information content (AvgIpc) is 2.92. The summed E-state index contributed by atoms with van der Waals surface area (Å²) in [5.41, 5.74) is 4.45. The van der Waals surface area contributed by atoms with Gasteiger partial charge in [-0.1, -0.05) is 76.1 Å². The number of carbonyl (C=O) groups is 1. The predicted molar refractivity (Wildman–Crippen MR) is 149 cm³/mol.